The van der Waals surface area contributed by atoms with Crippen molar-refractivity contribution in [3.8, 4) is 11.5 Å². The number of hydrogen-bond acceptors (Lipinski definition) is 4. The van der Waals surface area contributed by atoms with Gasteiger partial charge in [-0.05, 0) is 133 Å². The summed E-state index contributed by atoms with van der Waals surface area (Å²) in [5, 5.41) is 0. The van der Waals surface area contributed by atoms with E-state index in [1.807, 2.05) is 24.3 Å². The molecule has 4 heteroatoms. The second-order valence-electron chi connectivity index (χ2n) is 13.2. The summed E-state index contributed by atoms with van der Waals surface area (Å²) in [6.07, 6.45) is 8.72. The molecule has 0 radical (unpaired) electrons. The first-order chi connectivity index (χ1) is 26.5. The molecule has 0 atom stereocenters. The van der Waals surface area contributed by atoms with E-state index in [1.165, 1.54) is 11.1 Å². The second-order valence-corrected chi connectivity index (χ2v) is 13.2. The van der Waals surface area contributed by atoms with Gasteiger partial charge in [0.25, 0.3) is 0 Å². The molecule has 7 aromatic carbocycles. The van der Waals surface area contributed by atoms with Gasteiger partial charge in [-0.25, -0.2) is 0 Å². The Morgan fingerprint density at radius 2 is 0.611 bits per heavy atom. The van der Waals surface area contributed by atoms with Crippen molar-refractivity contribution in [1.29, 1.82) is 0 Å². The van der Waals surface area contributed by atoms with Gasteiger partial charge in [-0.15, -0.1) is 0 Å². The molecule has 0 saturated heterocycles. The topological polar surface area (TPSA) is 24.9 Å². The van der Waals surface area contributed by atoms with Crippen molar-refractivity contribution in [1.82, 2.24) is 0 Å². The minimum Gasteiger partial charge on any atom is -0.497 e. The molecule has 0 unspecified atom stereocenters. The summed E-state index contributed by atoms with van der Waals surface area (Å²) in [7, 11) is 3.38. The number of methoxy groups -OCH3 is 2. The Kier molecular flexibility index (Phi) is 11.0. The number of aryl methyl sites for hydroxylation is 2. The van der Waals surface area contributed by atoms with Crippen LogP contribution in [0.15, 0.2) is 170 Å². The van der Waals surface area contributed by atoms with Crippen LogP contribution >= 0.6 is 0 Å². The Hall–Kier alpha value is -6.78. The van der Waals surface area contributed by atoms with Crippen LogP contribution in [0.1, 0.15) is 33.4 Å². The van der Waals surface area contributed by atoms with Crippen LogP contribution in [0, 0.1) is 13.8 Å². The second kappa shape index (κ2) is 16.7. The van der Waals surface area contributed by atoms with Crippen LogP contribution in [0.4, 0.5) is 34.1 Å². The molecule has 7 aromatic rings. The average Bonchev–Trinajstić information content (AvgIpc) is 3.22. The normalized spacial score (nSPS) is 11.2. The monoisotopic (exact) mass is 704 g/mol. The fraction of sp³-hybridized carbons (Fsp3) is 0.0800. The zero-order chi connectivity index (χ0) is 37.3. The average molecular weight is 705 g/mol. The van der Waals surface area contributed by atoms with E-state index in [0.29, 0.717) is 0 Å². The summed E-state index contributed by atoms with van der Waals surface area (Å²) < 4.78 is 10.8. The number of rotatable bonds is 12. The fourth-order valence-corrected chi connectivity index (χ4v) is 6.40. The molecule has 0 spiro atoms. The minimum absolute atomic E-state index is 0.835. The Balaban J connectivity index is 1.09. The van der Waals surface area contributed by atoms with Crippen molar-refractivity contribution in [2.75, 3.05) is 24.0 Å². The molecular weight excluding hydrogens is 661 g/mol. The first-order valence-corrected chi connectivity index (χ1v) is 18.1. The lowest BCUT2D eigenvalue weighted by Crippen LogP contribution is -2.09. The van der Waals surface area contributed by atoms with Crippen LogP contribution in [0.3, 0.4) is 0 Å². The lowest BCUT2D eigenvalue weighted by molar-refractivity contribution is 0.414. The maximum absolute atomic E-state index is 5.41. The smallest absolute Gasteiger partial charge is 0.119 e. The van der Waals surface area contributed by atoms with Crippen LogP contribution in [-0.4, -0.2) is 14.2 Å². The summed E-state index contributed by atoms with van der Waals surface area (Å²) in [6, 6.07) is 59.5. The summed E-state index contributed by atoms with van der Waals surface area (Å²) in [4.78, 5) is 4.52. The van der Waals surface area contributed by atoms with Crippen LogP contribution in [-0.2, 0) is 0 Å². The largest absolute Gasteiger partial charge is 0.497 e. The molecule has 0 amide bonds. The van der Waals surface area contributed by atoms with E-state index >= 15 is 0 Å². The molecule has 0 heterocycles. The third kappa shape index (κ3) is 8.46. The van der Waals surface area contributed by atoms with Crippen LogP contribution in [0.2, 0.25) is 0 Å². The van der Waals surface area contributed by atoms with Gasteiger partial charge in [-0.3, -0.25) is 0 Å². The van der Waals surface area contributed by atoms with Gasteiger partial charge >= 0.3 is 0 Å². The highest BCUT2D eigenvalue weighted by Gasteiger charge is 2.14. The quantitative estimate of drug-likeness (QED) is 0.118. The SMILES string of the molecule is COc1ccc(N(c2ccc(C)cc2)c2ccc(C=Cc3ccccc3C=Cc3ccc(N(c4ccc(C)cc4)c4ccc(OC)cc4)cc3)cc2)cc1. The highest BCUT2D eigenvalue weighted by atomic mass is 16.5. The van der Waals surface area contributed by atoms with Crippen LogP contribution < -0.4 is 19.3 Å². The molecule has 0 aromatic heterocycles. The third-order valence-corrected chi connectivity index (χ3v) is 9.45. The molecule has 0 saturated carbocycles. The Morgan fingerprint density at radius 1 is 0.333 bits per heavy atom. The lowest BCUT2D eigenvalue weighted by atomic mass is 10.0. The Morgan fingerprint density at radius 3 is 0.907 bits per heavy atom. The molecule has 0 aliphatic heterocycles. The molecule has 0 fully saturated rings. The predicted molar refractivity (Wildman–Crippen MR) is 229 cm³/mol. The lowest BCUT2D eigenvalue weighted by Gasteiger charge is -2.26. The van der Waals surface area contributed by atoms with Crippen molar-refractivity contribution in [2.45, 2.75) is 13.8 Å². The molecule has 54 heavy (non-hydrogen) atoms. The van der Waals surface area contributed by atoms with E-state index in [1.54, 1.807) is 14.2 Å². The molecule has 4 nitrogen and oxygen atoms in total. The summed E-state index contributed by atoms with van der Waals surface area (Å²) in [5.74, 6) is 1.67. The molecule has 266 valence electrons. The van der Waals surface area contributed by atoms with Crippen molar-refractivity contribution >= 4 is 58.4 Å². The predicted octanol–water partition coefficient (Wildman–Crippen LogP) is 13.6. The first-order valence-electron chi connectivity index (χ1n) is 18.1. The van der Waals surface area contributed by atoms with Gasteiger partial charge in [0.05, 0.1) is 14.2 Å². The molecular formula is C50H44N2O2. The number of ether oxygens (including phenoxy) is 2. The Bertz CT molecular complexity index is 2150. The third-order valence-electron chi connectivity index (χ3n) is 9.45. The highest BCUT2D eigenvalue weighted by Crippen LogP contribution is 2.37. The number of nitrogens with zero attached hydrogens (tertiary/aromatic N) is 2. The van der Waals surface area contributed by atoms with Gasteiger partial charge in [0, 0.05) is 34.1 Å². The minimum atomic E-state index is 0.835. The van der Waals surface area contributed by atoms with Gasteiger partial charge in [-0.1, -0.05) is 108 Å². The molecule has 0 N–H and O–H groups in total. The van der Waals surface area contributed by atoms with E-state index in [9.17, 15) is 0 Å². The standard InChI is InChI=1S/C50H44N2O2/c1-37-9-21-43(22-10-37)51(47-29-33-49(53-3)34-30-47)45-25-15-39(16-26-45)13-19-41-7-5-6-8-42(41)20-14-40-17-27-46(28-18-40)52(44-23-11-38(2)12-24-44)48-31-35-50(54-4)36-32-48/h5-36H,1-4H3. The highest BCUT2D eigenvalue weighted by molar-refractivity contribution is 5.82. The van der Waals surface area contributed by atoms with Gasteiger partial charge in [0.15, 0.2) is 0 Å². The molecule has 0 bridgehead atoms. The fourth-order valence-electron chi connectivity index (χ4n) is 6.40. The van der Waals surface area contributed by atoms with Crippen molar-refractivity contribution < 1.29 is 9.47 Å². The Labute approximate surface area is 319 Å². The number of benzene rings is 7. The van der Waals surface area contributed by atoms with E-state index < -0.39 is 0 Å². The summed E-state index contributed by atoms with van der Waals surface area (Å²) in [6.45, 7) is 4.22. The molecule has 0 aliphatic carbocycles. The van der Waals surface area contributed by atoms with Gasteiger partial charge in [-0.2, -0.15) is 0 Å². The van der Waals surface area contributed by atoms with E-state index in [-0.39, 0.29) is 0 Å². The zero-order valence-corrected chi connectivity index (χ0v) is 31.2. The molecule has 0 aliphatic rings. The first kappa shape index (κ1) is 35.6. The van der Waals surface area contributed by atoms with E-state index in [2.05, 4.69) is 194 Å². The van der Waals surface area contributed by atoms with Gasteiger partial charge in [0.2, 0.25) is 0 Å². The van der Waals surface area contributed by atoms with Crippen LogP contribution in [0.5, 0.6) is 11.5 Å². The summed E-state index contributed by atoms with van der Waals surface area (Å²) >= 11 is 0. The number of hydrogen-bond donors (Lipinski definition) is 0. The van der Waals surface area contributed by atoms with Crippen LogP contribution in [0.25, 0.3) is 24.3 Å². The zero-order valence-electron chi connectivity index (χ0n) is 31.2. The van der Waals surface area contributed by atoms with Crippen molar-refractivity contribution in [3.05, 3.63) is 203 Å². The van der Waals surface area contributed by atoms with E-state index in [4.69, 9.17) is 9.47 Å². The van der Waals surface area contributed by atoms with Crippen molar-refractivity contribution in [2.24, 2.45) is 0 Å². The van der Waals surface area contributed by atoms with Gasteiger partial charge < -0.3 is 19.3 Å². The summed E-state index contributed by atoms with van der Waals surface area (Å²) in [5.41, 5.74) is 13.5. The molecule has 7 rings (SSSR count). The maximum Gasteiger partial charge on any atom is 0.119 e. The van der Waals surface area contributed by atoms with Crippen molar-refractivity contribution in [3.63, 3.8) is 0 Å². The maximum atomic E-state index is 5.41. The van der Waals surface area contributed by atoms with Gasteiger partial charge in [0.1, 0.15) is 11.5 Å². The van der Waals surface area contributed by atoms with E-state index in [0.717, 1.165) is 67.9 Å². The number of anilines is 6.